The minimum atomic E-state index is -0.980. The SMILES string of the molecule is O=C(O)Cc1cc(-c2cc(Cl)ccc2F)n[nH]1. The van der Waals surface area contributed by atoms with Gasteiger partial charge >= 0.3 is 5.97 Å². The van der Waals surface area contributed by atoms with Gasteiger partial charge in [-0.15, -0.1) is 0 Å². The highest BCUT2D eigenvalue weighted by atomic mass is 35.5. The second kappa shape index (κ2) is 4.55. The Hall–Kier alpha value is -1.88. The molecular formula is C11H8ClFN2O2. The molecule has 1 aromatic heterocycles. The molecule has 0 aliphatic heterocycles. The lowest BCUT2D eigenvalue weighted by Crippen LogP contribution is -1.99. The zero-order chi connectivity index (χ0) is 12.4. The Kier molecular flexibility index (Phi) is 3.10. The van der Waals surface area contributed by atoms with Gasteiger partial charge in [0, 0.05) is 16.3 Å². The molecule has 0 saturated heterocycles. The van der Waals surface area contributed by atoms with Crippen molar-refractivity contribution in [3.8, 4) is 11.3 Å². The fourth-order valence-corrected chi connectivity index (χ4v) is 1.62. The van der Waals surface area contributed by atoms with Crippen molar-refractivity contribution in [2.24, 2.45) is 0 Å². The number of halogens is 2. The minimum Gasteiger partial charge on any atom is -0.481 e. The molecule has 0 atom stereocenters. The van der Waals surface area contributed by atoms with Gasteiger partial charge in [-0.2, -0.15) is 5.10 Å². The number of carboxylic acids is 1. The molecule has 0 bridgehead atoms. The second-order valence-electron chi connectivity index (χ2n) is 3.47. The van der Waals surface area contributed by atoms with E-state index in [4.69, 9.17) is 16.7 Å². The highest BCUT2D eigenvalue weighted by Crippen LogP contribution is 2.24. The first kappa shape index (κ1) is 11.6. The zero-order valence-corrected chi connectivity index (χ0v) is 9.33. The predicted molar refractivity (Wildman–Crippen MR) is 60.3 cm³/mol. The third-order valence-electron chi connectivity index (χ3n) is 2.18. The maximum Gasteiger partial charge on any atom is 0.309 e. The number of nitrogens with zero attached hydrogens (tertiary/aromatic N) is 1. The maximum absolute atomic E-state index is 13.5. The van der Waals surface area contributed by atoms with E-state index in [0.717, 1.165) is 0 Å². The van der Waals surface area contributed by atoms with Crippen molar-refractivity contribution in [2.75, 3.05) is 0 Å². The fraction of sp³-hybridized carbons (Fsp3) is 0.0909. The summed E-state index contributed by atoms with van der Waals surface area (Å²) in [6, 6.07) is 5.61. The lowest BCUT2D eigenvalue weighted by atomic mass is 10.1. The van der Waals surface area contributed by atoms with Crippen molar-refractivity contribution >= 4 is 17.6 Å². The Morgan fingerprint density at radius 3 is 2.94 bits per heavy atom. The maximum atomic E-state index is 13.5. The fourth-order valence-electron chi connectivity index (χ4n) is 1.45. The van der Waals surface area contributed by atoms with Crippen LogP contribution in [0.25, 0.3) is 11.3 Å². The van der Waals surface area contributed by atoms with Crippen LogP contribution in [0.1, 0.15) is 5.69 Å². The molecule has 0 fully saturated rings. The Labute approximate surface area is 101 Å². The number of carbonyl (C=O) groups is 1. The van der Waals surface area contributed by atoms with Crippen LogP contribution in [0.4, 0.5) is 4.39 Å². The van der Waals surface area contributed by atoms with Crippen LogP contribution in [-0.4, -0.2) is 21.3 Å². The number of nitrogens with one attached hydrogen (secondary N) is 1. The number of hydrogen-bond donors (Lipinski definition) is 2. The molecule has 88 valence electrons. The van der Waals surface area contributed by atoms with Crippen molar-refractivity contribution < 1.29 is 14.3 Å². The van der Waals surface area contributed by atoms with Crippen LogP contribution in [0.15, 0.2) is 24.3 Å². The monoisotopic (exact) mass is 254 g/mol. The summed E-state index contributed by atoms with van der Waals surface area (Å²) >= 11 is 5.76. The van der Waals surface area contributed by atoms with E-state index < -0.39 is 11.8 Å². The van der Waals surface area contributed by atoms with Gasteiger partial charge in [0.25, 0.3) is 0 Å². The number of aromatic nitrogens is 2. The molecule has 0 saturated carbocycles. The van der Waals surface area contributed by atoms with Gasteiger partial charge < -0.3 is 5.11 Å². The molecule has 0 unspecified atom stereocenters. The summed E-state index contributed by atoms with van der Waals surface area (Å²) in [6.45, 7) is 0. The van der Waals surface area contributed by atoms with E-state index in [0.29, 0.717) is 16.4 Å². The van der Waals surface area contributed by atoms with Gasteiger partial charge in [-0.1, -0.05) is 11.6 Å². The van der Waals surface area contributed by atoms with E-state index in [9.17, 15) is 9.18 Å². The van der Waals surface area contributed by atoms with E-state index in [1.54, 1.807) is 0 Å². The summed E-state index contributed by atoms with van der Waals surface area (Å²) in [5, 5.41) is 15.4. The summed E-state index contributed by atoms with van der Waals surface area (Å²) in [4.78, 5) is 10.5. The van der Waals surface area contributed by atoms with Crippen molar-refractivity contribution in [1.82, 2.24) is 10.2 Å². The van der Waals surface area contributed by atoms with Crippen molar-refractivity contribution in [2.45, 2.75) is 6.42 Å². The Bertz CT molecular complexity index is 568. The summed E-state index contributed by atoms with van der Waals surface area (Å²) < 4.78 is 13.5. The number of hydrogen-bond acceptors (Lipinski definition) is 2. The highest BCUT2D eigenvalue weighted by Gasteiger charge is 2.11. The average Bonchev–Trinajstić information content (AvgIpc) is 2.69. The summed E-state index contributed by atoms with van der Waals surface area (Å²) in [5.74, 6) is -1.44. The normalized spacial score (nSPS) is 10.5. The van der Waals surface area contributed by atoms with Gasteiger partial charge in [-0.25, -0.2) is 4.39 Å². The van der Waals surface area contributed by atoms with Crippen molar-refractivity contribution in [3.63, 3.8) is 0 Å². The van der Waals surface area contributed by atoms with Crippen molar-refractivity contribution in [3.05, 3.63) is 40.8 Å². The van der Waals surface area contributed by atoms with Crippen LogP contribution >= 0.6 is 11.6 Å². The molecule has 1 heterocycles. The number of aliphatic carboxylic acids is 1. The molecule has 0 aliphatic carbocycles. The average molecular weight is 255 g/mol. The van der Waals surface area contributed by atoms with Crippen LogP contribution in [-0.2, 0) is 11.2 Å². The third-order valence-corrected chi connectivity index (χ3v) is 2.41. The molecule has 6 heteroatoms. The summed E-state index contributed by atoms with van der Waals surface area (Å²) in [5.41, 5.74) is 0.985. The Balaban J connectivity index is 2.36. The van der Waals surface area contributed by atoms with E-state index in [1.165, 1.54) is 24.3 Å². The first-order chi connectivity index (χ1) is 8.06. The van der Waals surface area contributed by atoms with Crippen LogP contribution in [0.5, 0.6) is 0 Å². The molecule has 17 heavy (non-hydrogen) atoms. The van der Waals surface area contributed by atoms with Gasteiger partial charge in [0.1, 0.15) is 5.82 Å². The topological polar surface area (TPSA) is 66.0 Å². The molecule has 0 aliphatic rings. The van der Waals surface area contributed by atoms with Gasteiger partial charge in [-0.3, -0.25) is 9.89 Å². The van der Waals surface area contributed by atoms with E-state index in [2.05, 4.69) is 10.2 Å². The van der Waals surface area contributed by atoms with Crippen LogP contribution < -0.4 is 0 Å². The first-order valence-electron chi connectivity index (χ1n) is 4.78. The van der Waals surface area contributed by atoms with Crippen LogP contribution in [0, 0.1) is 5.82 Å². The lowest BCUT2D eigenvalue weighted by molar-refractivity contribution is -0.136. The van der Waals surface area contributed by atoms with Gasteiger partial charge in [0.2, 0.25) is 0 Å². The molecule has 0 amide bonds. The number of rotatable bonds is 3. The number of H-pyrrole nitrogens is 1. The van der Waals surface area contributed by atoms with Crippen LogP contribution in [0.2, 0.25) is 5.02 Å². The quantitative estimate of drug-likeness (QED) is 0.884. The highest BCUT2D eigenvalue weighted by molar-refractivity contribution is 6.30. The molecule has 1 aromatic carbocycles. The van der Waals surface area contributed by atoms with E-state index in [-0.39, 0.29) is 12.0 Å². The van der Waals surface area contributed by atoms with Gasteiger partial charge in [-0.05, 0) is 24.3 Å². The molecular weight excluding hydrogens is 247 g/mol. The number of aromatic amines is 1. The van der Waals surface area contributed by atoms with E-state index >= 15 is 0 Å². The first-order valence-corrected chi connectivity index (χ1v) is 5.15. The molecule has 0 spiro atoms. The standard InChI is InChI=1S/C11H8ClFN2O2/c12-6-1-2-9(13)8(3-6)10-4-7(14-15-10)5-11(16)17/h1-4H,5H2,(H,14,15)(H,16,17). The smallest absolute Gasteiger partial charge is 0.309 e. The largest absolute Gasteiger partial charge is 0.481 e. The second-order valence-corrected chi connectivity index (χ2v) is 3.91. The summed E-state index contributed by atoms with van der Waals surface area (Å²) in [7, 11) is 0. The number of benzene rings is 1. The van der Waals surface area contributed by atoms with Crippen molar-refractivity contribution in [1.29, 1.82) is 0 Å². The molecule has 4 nitrogen and oxygen atoms in total. The van der Waals surface area contributed by atoms with Gasteiger partial charge in [0.05, 0.1) is 12.1 Å². The minimum absolute atomic E-state index is 0.185. The van der Waals surface area contributed by atoms with E-state index in [1.807, 2.05) is 0 Å². The molecule has 2 N–H and O–H groups in total. The lowest BCUT2D eigenvalue weighted by Gasteiger charge is -1.98. The molecule has 2 aromatic rings. The Morgan fingerprint density at radius 2 is 2.24 bits per heavy atom. The molecule has 2 rings (SSSR count). The third kappa shape index (κ3) is 2.62. The number of carboxylic acid groups (broad SMARTS) is 1. The summed E-state index contributed by atoms with van der Waals surface area (Å²) in [6.07, 6.45) is -0.185. The Morgan fingerprint density at radius 1 is 1.47 bits per heavy atom. The van der Waals surface area contributed by atoms with Gasteiger partial charge in [0.15, 0.2) is 0 Å². The van der Waals surface area contributed by atoms with Crippen LogP contribution in [0.3, 0.4) is 0 Å². The zero-order valence-electron chi connectivity index (χ0n) is 8.58. The molecule has 0 radical (unpaired) electrons. The predicted octanol–water partition coefficient (Wildman–Crippen LogP) is 2.50.